The van der Waals surface area contributed by atoms with Crippen LogP contribution < -0.4 is 0 Å². The molecule has 0 amide bonds. The molecule has 0 bridgehead atoms. The molecule has 97 heavy (non-hydrogen) atoms. The van der Waals surface area contributed by atoms with Gasteiger partial charge in [-0.25, -0.2) is 9.13 Å². The molecule has 0 saturated heterocycles. The van der Waals surface area contributed by atoms with Crippen LogP contribution in [0.2, 0.25) is 0 Å². The Morgan fingerprint density at radius 2 is 0.526 bits per heavy atom. The van der Waals surface area contributed by atoms with Gasteiger partial charge in [0.1, 0.15) is 19.3 Å². The Labute approximate surface area is 594 Å². The first-order chi connectivity index (χ1) is 46.8. The molecule has 0 aliphatic carbocycles. The summed E-state index contributed by atoms with van der Waals surface area (Å²) in [5, 5.41) is 10.6. The molecule has 4 unspecified atom stereocenters. The van der Waals surface area contributed by atoms with E-state index in [0.29, 0.717) is 25.7 Å². The molecule has 0 aliphatic heterocycles. The molecule has 19 heteroatoms. The van der Waals surface area contributed by atoms with Gasteiger partial charge in [0.15, 0.2) is 12.2 Å². The molecule has 0 radical (unpaired) electrons. The van der Waals surface area contributed by atoms with E-state index in [1.165, 1.54) is 205 Å². The Morgan fingerprint density at radius 3 is 0.784 bits per heavy atom. The summed E-state index contributed by atoms with van der Waals surface area (Å²) in [6.45, 7) is 11.8. The number of phosphoric ester groups is 2. The van der Waals surface area contributed by atoms with Gasteiger partial charge < -0.3 is 33.8 Å². The molecular weight excluding hydrogens is 1270 g/mol. The maximum absolute atomic E-state index is 13.1. The normalized spacial score (nSPS) is 14.6. The van der Waals surface area contributed by atoms with Crippen molar-refractivity contribution in [2.75, 3.05) is 39.6 Å². The third-order valence-electron chi connectivity index (χ3n) is 18.9. The molecule has 0 aromatic heterocycles. The van der Waals surface area contributed by atoms with Crippen LogP contribution in [0, 0.1) is 17.8 Å². The average molecular weight is 1420 g/mol. The van der Waals surface area contributed by atoms with Crippen molar-refractivity contribution in [2.45, 2.75) is 420 Å². The minimum atomic E-state index is -4.96. The average Bonchev–Trinajstić information content (AvgIpc) is 1.24. The lowest BCUT2D eigenvalue weighted by Crippen LogP contribution is -2.30. The molecule has 0 fully saturated rings. The first kappa shape index (κ1) is 95.1. The van der Waals surface area contributed by atoms with E-state index in [-0.39, 0.29) is 25.7 Å². The highest BCUT2D eigenvalue weighted by molar-refractivity contribution is 7.47. The highest BCUT2D eigenvalue weighted by atomic mass is 31.2. The van der Waals surface area contributed by atoms with E-state index in [9.17, 15) is 43.2 Å². The van der Waals surface area contributed by atoms with Crippen molar-refractivity contribution in [3.8, 4) is 0 Å². The molecule has 0 saturated carbocycles. The van der Waals surface area contributed by atoms with Gasteiger partial charge in [-0.15, -0.1) is 0 Å². The number of phosphoric acid groups is 2. The van der Waals surface area contributed by atoms with E-state index in [0.717, 1.165) is 114 Å². The Kier molecular flexibility index (Phi) is 67.1. The second kappa shape index (κ2) is 68.5. The van der Waals surface area contributed by atoms with Gasteiger partial charge in [0.05, 0.1) is 26.4 Å². The van der Waals surface area contributed by atoms with E-state index in [2.05, 4.69) is 48.5 Å². The third-order valence-corrected chi connectivity index (χ3v) is 20.8. The Morgan fingerprint density at radius 1 is 0.299 bits per heavy atom. The van der Waals surface area contributed by atoms with Gasteiger partial charge in [-0.05, 0) is 43.4 Å². The van der Waals surface area contributed by atoms with Gasteiger partial charge in [-0.2, -0.15) is 0 Å². The van der Waals surface area contributed by atoms with Crippen molar-refractivity contribution in [3.05, 3.63) is 0 Å². The molecule has 7 atom stereocenters. The Balaban J connectivity index is 5.19. The summed E-state index contributed by atoms with van der Waals surface area (Å²) in [7, 11) is -9.91. The highest BCUT2D eigenvalue weighted by Gasteiger charge is 2.30. The van der Waals surface area contributed by atoms with Crippen LogP contribution in [-0.4, -0.2) is 96.7 Å². The Hall–Kier alpha value is -1.94. The van der Waals surface area contributed by atoms with Crippen LogP contribution in [-0.2, 0) is 65.4 Å². The molecule has 0 heterocycles. The molecule has 0 aromatic carbocycles. The van der Waals surface area contributed by atoms with Gasteiger partial charge in [0, 0.05) is 25.7 Å². The van der Waals surface area contributed by atoms with E-state index < -0.39 is 97.5 Å². The standard InChI is InChI=1S/C78H152O17P2/c1-8-11-12-13-14-15-16-17-18-19-20-21-22-23-24-25-26-31-34-37-47-54-61-77(82)94-73(65-88-75(80)59-52-45-36-33-30-28-27-29-32-35-42-49-56-69(4)5)67-92-96(84,85)90-63-72(79)64-91-97(86,87)93-68-74(95-78(83)62-55-48-41-39-44-51-58-71(7)10-3)66-89-76(81)60-53-46-40-38-43-50-57-70(6)9-2/h69-74,79H,8-68H2,1-7H3,(H,84,85)(H,86,87)/t70?,71?,72-,73-,74-/m1/s1. The smallest absolute Gasteiger partial charge is 0.462 e. The van der Waals surface area contributed by atoms with E-state index >= 15 is 0 Å². The number of esters is 4. The summed E-state index contributed by atoms with van der Waals surface area (Å²) >= 11 is 0. The number of carbonyl (C=O) groups excluding carboxylic acids is 4. The Bertz CT molecular complexity index is 1890. The minimum Gasteiger partial charge on any atom is -0.462 e. The van der Waals surface area contributed by atoms with Gasteiger partial charge in [0.2, 0.25) is 0 Å². The maximum atomic E-state index is 13.1. The molecule has 17 nitrogen and oxygen atoms in total. The summed E-state index contributed by atoms with van der Waals surface area (Å²) in [5.41, 5.74) is 0. The zero-order chi connectivity index (χ0) is 71.6. The van der Waals surface area contributed by atoms with E-state index in [1.807, 2.05) is 0 Å². The first-order valence-electron chi connectivity index (χ1n) is 40.4. The van der Waals surface area contributed by atoms with Crippen molar-refractivity contribution in [1.82, 2.24) is 0 Å². The van der Waals surface area contributed by atoms with Crippen LogP contribution in [0.5, 0.6) is 0 Å². The molecule has 0 aliphatic rings. The monoisotopic (exact) mass is 1420 g/mol. The number of hydrogen-bond donors (Lipinski definition) is 3. The summed E-state index contributed by atoms with van der Waals surface area (Å²) < 4.78 is 68.5. The topological polar surface area (TPSA) is 237 Å². The van der Waals surface area contributed by atoms with Gasteiger partial charge in [0.25, 0.3) is 0 Å². The zero-order valence-electron chi connectivity index (χ0n) is 63.5. The fraction of sp³-hybridized carbons (Fsp3) is 0.949. The summed E-state index contributed by atoms with van der Waals surface area (Å²) in [5.74, 6) is 0.111. The third kappa shape index (κ3) is 69.5. The van der Waals surface area contributed by atoms with E-state index in [1.54, 1.807) is 0 Å². The number of unbranched alkanes of at least 4 members (excludes halogenated alkanes) is 42. The van der Waals surface area contributed by atoms with Crippen molar-refractivity contribution >= 4 is 39.5 Å². The van der Waals surface area contributed by atoms with Gasteiger partial charge in [-0.1, -0.05) is 350 Å². The predicted octanol–water partition coefficient (Wildman–Crippen LogP) is 23.0. The summed E-state index contributed by atoms with van der Waals surface area (Å²) in [6, 6.07) is 0. The van der Waals surface area contributed by atoms with Crippen molar-refractivity contribution < 1.29 is 80.2 Å². The van der Waals surface area contributed by atoms with Crippen LogP contribution in [0.15, 0.2) is 0 Å². The quantitative estimate of drug-likeness (QED) is 0.0222. The second-order valence-electron chi connectivity index (χ2n) is 29.1. The van der Waals surface area contributed by atoms with Crippen LogP contribution >= 0.6 is 15.6 Å². The van der Waals surface area contributed by atoms with Crippen molar-refractivity contribution in [1.29, 1.82) is 0 Å². The van der Waals surface area contributed by atoms with Crippen LogP contribution in [0.4, 0.5) is 0 Å². The molecule has 576 valence electrons. The van der Waals surface area contributed by atoms with Crippen LogP contribution in [0.3, 0.4) is 0 Å². The SMILES string of the molecule is CCCCCCCCCCCCCCCCCCCCCCCCC(=O)O[C@H](COC(=O)CCCCCCCCCCCCCCC(C)C)COP(=O)(O)OC[C@@H](O)COP(=O)(O)OC[C@@H](COC(=O)CCCCCCCCC(C)CC)OC(=O)CCCCCCCCC(C)CC. The number of aliphatic hydroxyl groups is 1. The van der Waals surface area contributed by atoms with Crippen LogP contribution in [0.25, 0.3) is 0 Å². The largest absolute Gasteiger partial charge is 0.472 e. The number of carbonyl (C=O) groups is 4. The lowest BCUT2D eigenvalue weighted by atomic mass is 10.00. The van der Waals surface area contributed by atoms with Gasteiger partial charge >= 0.3 is 39.5 Å². The number of hydrogen-bond acceptors (Lipinski definition) is 15. The van der Waals surface area contributed by atoms with E-state index in [4.69, 9.17) is 37.0 Å². The molecular formula is C78H152O17P2. The fourth-order valence-corrected chi connectivity index (χ4v) is 13.5. The predicted molar refractivity (Wildman–Crippen MR) is 395 cm³/mol. The van der Waals surface area contributed by atoms with Gasteiger partial charge in [-0.3, -0.25) is 37.3 Å². The number of aliphatic hydroxyl groups excluding tert-OH is 1. The molecule has 0 rings (SSSR count). The first-order valence-corrected chi connectivity index (χ1v) is 43.4. The number of rotatable bonds is 76. The number of ether oxygens (including phenoxy) is 4. The highest BCUT2D eigenvalue weighted by Crippen LogP contribution is 2.45. The lowest BCUT2D eigenvalue weighted by Gasteiger charge is -2.21. The zero-order valence-corrected chi connectivity index (χ0v) is 65.3. The molecule has 3 N–H and O–H groups in total. The fourth-order valence-electron chi connectivity index (χ4n) is 11.9. The lowest BCUT2D eigenvalue weighted by molar-refractivity contribution is -0.161. The second-order valence-corrected chi connectivity index (χ2v) is 32.0. The molecule has 0 spiro atoms. The van der Waals surface area contributed by atoms with Crippen LogP contribution in [0.1, 0.15) is 402 Å². The maximum Gasteiger partial charge on any atom is 0.472 e. The van der Waals surface area contributed by atoms with Crippen molar-refractivity contribution in [2.24, 2.45) is 17.8 Å². The summed E-state index contributed by atoms with van der Waals surface area (Å²) in [6.07, 6.45) is 55.8. The summed E-state index contributed by atoms with van der Waals surface area (Å²) in [4.78, 5) is 72.8. The minimum absolute atomic E-state index is 0.102. The molecule has 0 aromatic rings. The van der Waals surface area contributed by atoms with Crippen molar-refractivity contribution in [3.63, 3.8) is 0 Å².